The molecule has 1 aromatic rings. The van der Waals surface area contributed by atoms with Crippen LogP contribution in [-0.4, -0.2) is 13.7 Å². The maximum absolute atomic E-state index is 6.54. The van der Waals surface area contributed by atoms with Crippen LogP contribution in [0.15, 0.2) is 24.3 Å². The molecule has 0 amide bonds. The SMILES string of the molecule is COCC(C)(C)c1cccc(C2(N)CCCC2)c1. The molecule has 0 spiro atoms. The van der Waals surface area contributed by atoms with Crippen LogP contribution in [0.5, 0.6) is 0 Å². The van der Waals surface area contributed by atoms with E-state index in [9.17, 15) is 0 Å². The van der Waals surface area contributed by atoms with Crippen molar-refractivity contribution in [3.63, 3.8) is 0 Å². The molecule has 100 valence electrons. The van der Waals surface area contributed by atoms with E-state index in [0.717, 1.165) is 19.4 Å². The van der Waals surface area contributed by atoms with Crippen LogP contribution < -0.4 is 5.73 Å². The van der Waals surface area contributed by atoms with Gasteiger partial charge >= 0.3 is 0 Å². The monoisotopic (exact) mass is 247 g/mol. The molecule has 2 N–H and O–H groups in total. The number of ether oxygens (including phenoxy) is 1. The number of hydrogen-bond donors (Lipinski definition) is 1. The van der Waals surface area contributed by atoms with Crippen molar-refractivity contribution in [2.45, 2.75) is 50.5 Å². The molecule has 2 nitrogen and oxygen atoms in total. The Labute approximate surface area is 111 Å². The molecule has 0 bridgehead atoms. The van der Waals surface area contributed by atoms with Gasteiger partial charge in [-0.05, 0) is 24.0 Å². The summed E-state index contributed by atoms with van der Waals surface area (Å²) < 4.78 is 5.32. The van der Waals surface area contributed by atoms with E-state index in [4.69, 9.17) is 10.5 Å². The van der Waals surface area contributed by atoms with Crippen LogP contribution in [0.2, 0.25) is 0 Å². The molecule has 18 heavy (non-hydrogen) atoms. The summed E-state index contributed by atoms with van der Waals surface area (Å²) in [4.78, 5) is 0. The largest absolute Gasteiger partial charge is 0.384 e. The summed E-state index contributed by atoms with van der Waals surface area (Å²) in [7, 11) is 1.76. The number of nitrogens with two attached hydrogens (primary N) is 1. The fourth-order valence-corrected chi connectivity index (χ4v) is 2.99. The highest BCUT2D eigenvalue weighted by Gasteiger charge is 2.32. The zero-order valence-corrected chi connectivity index (χ0v) is 11.8. The Morgan fingerprint density at radius 1 is 1.28 bits per heavy atom. The molecule has 0 aliphatic heterocycles. The van der Waals surface area contributed by atoms with E-state index in [0.29, 0.717) is 0 Å². The molecule has 0 saturated heterocycles. The lowest BCUT2D eigenvalue weighted by atomic mass is 9.81. The van der Waals surface area contributed by atoms with Crippen LogP contribution in [0.3, 0.4) is 0 Å². The minimum atomic E-state index is -0.0981. The molecule has 2 heteroatoms. The van der Waals surface area contributed by atoms with Crippen molar-refractivity contribution in [3.05, 3.63) is 35.4 Å². The molecule has 0 heterocycles. The van der Waals surface area contributed by atoms with Gasteiger partial charge in [0, 0.05) is 18.1 Å². The second kappa shape index (κ2) is 5.02. The molecule has 1 saturated carbocycles. The maximum Gasteiger partial charge on any atom is 0.0553 e. The summed E-state index contributed by atoms with van der Waals surface area (Å²) in [6.45, 7) is 5.16. The van der Waals surface area contributed by atoms with E-state index >= 15 is 0 Å². The van der Waals surface area contributed by atoms with Crippen molar-refractivity contribution in [2.75, 3.05) is 13.7 Å². The molecule has 0 atom stereocenters. The number of hydrogen-bond acceptors (Lipinski definition) is 2. The highest BCUT2D eigenvalue weighted by atomic mass is 16.5. The minimum Gasteiger partial charge on any atom is -0.384 e. The standard InChI is InChI=1S/C16H25NO/c1-15(2,12-18-3)13-7-6-8-14(11-13)16(17)9-4-5-10-16/h6-8,11H,4-5,9-10,12,17H2,1-3H3. The Balaban J connectivity index is 2.30. The third-order valence-corrected chi connectivity index (χ3v) is 4.22. The fraction of sp³-hybridized carbons (Fsp3) is 0.625. The van der Waals surface area contributed by atoms with Crippen LogP contribution in [0, 0.1) is 0 Å². The molecular weight excluding hydrogens is 222 g/mol. The Morgan fingerprint density at radius 2 is 1.94 bits per heavy atom. The summed E-state index contributed by atoms with van der Waals surface area (Å²) in [6.07, 6.45) is 4.73. The van der Waals surface area contributed by atoms with Gasteiger partial charge in [-0.3, -0.25) is 0 Å². The topological polar surface area (TPSA) is 35.2 Å². The van der Waals surface area contributed by atoms with Crippen LogP contribution in [0.1, 0.15) is 50.7 Å². The van der Waals surface area contributed by atoms with Gasteiger partial charge in [-0.25, -0.2) is 0 Å². The number of benzene rings is 1. The van der Waals surface area contributed by atoms with Crippen molar-refractivity contribution in [2.24, 2.45) is 5.73 Å². The van der Waals surface area contributed by atoms with Gasteiger partial charge in [-0.2, -0.15) is 0 Å². The van der Waals surface area contributed by atoms with Crippen LogP contribution in [0.4, 0.5) is 0 Å². The van der Waals surface area contributed by atoms with Gasteiger partial charge in [0.05, 0.1) is 6.61 Å². The third kappa shape index (κ3) is 2.60. The van der Waals surface area contributed by atoms with Crippen LogP contribution in [0.25, 0.3) is 0 Å². The first kappa shape index (κ1) is 13.6. The van der Waals surface area contributed by atoms with Gasteiger partial charge in [0.15, 0.2) is 0 Å². The second-order valence-corrected chi connectivity index (χ2v) is 6.26. The van der Waals surface area contributed by atoms with Crippen LogP contribution in [-0.2, 0) is 15.7 Å². The zero-order valence-electron chi connectivity index (χ0n) is 11.8. The average Bonchev–Trinajstić information content (AvgIpc) is 2.78. The Kier molecular flexibility index (Phi) is 3.79. The van der Waals surface area contributed by atoms with Crippen LogP contribution >= 0.6 is 0 Å². The molecule has 2 rings (SSSR count). The van der Waals surface area contributed by atoms with Gasteiger partial charge in [0.1, 0.15) is 0 Å². The summed E-state index contributed by atoms with van der Waals surface area (Å²) in [5.74, 6) is 0. The molecule has 0 aromatic heterocycles. The number of rotatable bonds is 4. The lowest BCUT2D eigenvalue weighted by Crippen LogP contribution is -2.33. The molecular formula is C16H25NO. The normalized spacial score (nSPS) is 19.1. The summed E-state index contributed by atoms with van der Waals surface area (Å²) in [5.41, 5.74) is 9.09. The molecule has 1 aliphatic carbocycles. The van der Waals surface area contributed by atoms with Crippen molar-refractivity contribution < 1.29 is 4.74 Å². The molecule has 1 aliphatic rings. The summed E-state index contributed by atoms with van der Waals surface area (Å²) in [6, 6.07) is 8.78. The Hall–Kier alpha value is -0.860. The van der Waals surface area contributed by atoms with Crippen molar-refractivity contribution in [1.29, 1.82) is 0 Å². The molecule has 0 unspecified atom stereocenters. The third-order valence-electron chi connectivity index (χ3n) is 4.22. The second-order valence-electron chi connectivity index (χ2n) is 6.26. The van der Waals surface area contributed by atoms with Gasteiger partial charge < -0.3 is 10.5 Å². The first-order valence-corrected chi connectivity index (χ1v) is 6.87. The smallest absolute Gasteiger partial charge is 0.0553 e. The van der Waals surface area contributed by atoms with E-state index in [1.54, 1.807) is 7.11 Å². The maximum atomic E-state index is 6.54. The van der Waals surface area contributed by atoms with Crippen molar-refractivity contribution >= 4 is 0 Å². The van der Waals surface area contributed by atoms with Gasteiger partial charge in [-0.1, -0.05) is 51.0 Å². The molecule has 1 fully saturated rings. The predicted molar refractivity (Wildman–Crippen MR) is 75.7 cm³/mol. The lowest BCUT2D eigenvalue weighted by molar-refractivity contribution is 0.146. The summed E-state index contributed by atoms with van der Waals surface area (Å²) in [5, 5.41) is 0. The highest BCUT2D eigenvalue weighted by molar-refractivity contribution is 5.34. The van der Waals surface area contributed by atoms with Gasteiger partial charge in [0.2, 0.25) is 0 Å². The van der Waals surface area contributed by atoms with Gasteiger partial charge in [0.25, 0.3) is 0 Å². The van der Waals surface area contributed by atoms with Gasteiger partial charge in [-0.15, -0.1) is 0 Å². The van der Waals surface area contributed by atoms with Crippen molar-refractivity contribution in [3.8, 4) is 0 Å². The van der Waals surface area contributed by atoms with E-state index in [1.807, 2.05) is 0 Å². The van der Waals surface area contributed by atoms with E-state index in [-0.39, 0.29) is 11.0 Å². The highest BCUT2D eigenvalue weighted by Crippen LogP contribution is 2.37. The van der Waals surface area contributed by atoms with E-state index in [2.05, 4.69) is 38.1 Å². The van der Waals surface area contributed by atoms with Crippen molar-refractivity contribution in [1.82, 2.24) is 0 Å². The van der Waals surface area contributed by atoms with E-state index < -0.39 is 0 Å². The van der Waals surface area contributed by atoms with E-state index in [1.165, 1.54) is 24.0 Å². The quantitative estimate of drug-likeness (QED) is 0.885. The zero-order chi connectivity index (χ0) is 13.2. The molecule has 1 aromatic carbocycles. The average molecular weight is 247 g/mol. The fourth-order valence-electron chi connectivity index (χ4n) is 2.99. The minimum absolute atomic E-state index is 0.0414. The predicted octanol–water partition coefficient (Wildman–Crippen LogP) is 3.34. The Bertz CT molecular complexity index is 405. The lowest BCUT2D eigenvalue weighted by Gasteiger charge is -2.29. The first-order chi connectivity index (χ1) is 8.48. The first-order valence-electron chi connectivity index (χ1n) is 6.87. The Morgan fingerprint density at radius 3 is 2.56 bits per heavy atom. The summed E-state index contributed by atoms with van der Waals surface area (Å²) >= 11 is 0. The number of methoxy groups -OCH3 is 1. The molecule has 0 radical (unpaired) electrons.